The number of hydrogen-bond acceptors (Lipinski definition) is 5. The lowest BCUT2D eigenvalue weighted by Crippen LogP contribution is -2.45. The Morgan fingerprint density at radius 2 is 2.12 bits per heavy atom. The highest BCUT2D eigenvalue weighted by atomic mass is 16.5. The summed E-state index contributed by atoms with van der Waals surface area (Å²) in [6.45, 7) is 10.1. The molecule has 6 nitrogen and oxygen atoms in total. The Morgan fingerprint density at radius 3 is 2.73 bits per heavy atom. The molecule has 6 heteroatoms. The highest BCUT2D eigenvalue weighted by Gasteiger charge is 2.48. The maximum absolute atomic E-state index is 12.0. The molecule has 0 radical (unpaired) electrons. The number of rotatable bonds is 6. The number of aryl methyl sites for hydroxylation is 1. The van der Waals surface area contributed by atoms with Gasteiger partial charge in [-0.15, -0.1) is 0 Å². The fraction of sp³-hybridized carbons (Fsp3) is 0.800. The van der Waals surface area contributed by atoms with E-state index in [0.717, 1.165) is 76.2 Å². The molecule has 26 heavy (non-hydrogen) atoms. The summed E-state index contributed by atoms with van der Waals surface area (Å²) < 4.78 is 11.2. The van der Waals surface area contributed by atoms with Crippen LogP contribution in [-0.2, 0) is 16.1 Å². The number of likely N-dealkylation sites (tertiary alicyclic amines) is 2. The Balaban J connectivity index is 1.35. The lowest BCUT2D eigenvalue weighted by atomic mass is 9.71. The van der Waals surface area contributed by atoms with E-state index in [9.17, 15) is 4.79 Å². The van der Waals surface area contributed by atoms with Crippen molar-refractivity contribution in [2.24, 2.45) is 17.3 Å². The zero-order valence-corrected chi connectivity index (χ0v) is 16.1. The standard InChI is InChI=1S/C20H31N3O3/c1-15-9-19(21-26-15)11-22-7-5-20(6-8-22)14-23(16(2)24)10-18(20)13-25-12-17-3-4-17/h9,17-18H,3-8,10-14H2,1-2H3/t18-/m0/s1. The molecular formula is C20H31N3O3. The number of piperidine rings is 1. The normalized spacial score (nSPS) is 25.9. The topological polar surface area (TPSA) is 58.8 Å². The van der Waals surface area contributed by atoms with E-state index in [0.29, 0.717) is 5.92 Å². The van der Waals surface area contributed by atoms with Crippen molar-refractivity contribution >= 4 is 5.91 Å². The smallest absolute Gasteiger partial charge is 0.219 e. The molecule has 0 N–H and O–H groups in total. The van der Waals surface area contributed by atoms with Gasteiger partial charge in [-0.3, -0.25) is 9.69 Å². The van der Waals surface area contributed by atoms with Crippen molar-refractivity contribution in [3.63, 3.8) is 0 Å². The molecule has 0 aromatic carbocycles. The van der Waals surface area contributed by atoms with Crippen molar-refractivity contribution in [1.29, 1.82) is 0 Å². The van der Waals surface area contributed by atoms with Gasteiger partial charge in [-0.1, -0.05) is 5.16 Å². The van der Waals surface area contributed by atoms with Gasteiger partial charge in [-0.2, -0.15) is 0 Å². The highest BCUT2D eigenvalue weighted by molar-refractivity contribution is 5.73. The minimum absolute atomic E-state index is 0.203. The first-order chi connectivity index (χ1) is 12.5. The van der Waals surface area contributed by atoms with Crippen LogP contribution in [0.3, 0.4) is 0 Å². The Bertz CT molecular complexity index is 632. The molecule has 0 bridgehead atoms. The molecule has 2 saturated heterocycles. The predicted molar refractivity (Wildman–Crippen MR) is 97.5 cm³/mol. The van der Waals surface area contributed by atoms with Gasteiger partial charge in [-0.25, -0.2) is 0 Å². The van der Waals surface area contributed by atoms with E-state index in [4.69, 9.17) is 9.26 Å². The van der Waals surface area contributed by atoms with Crippen LogP contribution < -0.4 is 0 Å². The SMILES string of the molecule is CC(=O)N1C[C@@H](COCC2CC2)C2(CCN(Cc3cc(C)on3)CC2)C1. The van der Waals surface area contributed by atoms with Crippen LogP contribution in [0.1, 0.15) is 44.1 Å². The molecule has 1 atom stereocenters. The van der Waals surface area contributed by atoms with Crippen LogP contribution in [0.2, 0.25) is 0 Å². The van der Waals surface area contributed by atoms with Crippen molar-refractivity contribution < 1.29 is 14.1 Å². The maximum atomic E-state index is 12.0. The molecular weight excluding hydrogens is 330 g/mol. The summed E-state index contributed by atoms with van der Waals surface area (Å²) in [4.78, 5) is 16.5. The third-order valence-electron chi connectivity index (χ3n) is 6.54. The van der Waals surface area contributed by atoms with Gasteiger partial charge in [0.05, 0.1) is 12.3 Å². The van der Waals surface area contributed by atoms with Crippen LogP contribution in [0.4, 0.5) is 0 Å². The molecule has 1 aromatic rings. The monoisotopic (exact) mass is 361 g/mol. The van der Waals surface area contributed by atoms with Crippen LogP contribution in [0.5, 0.6) is 0 Å². The summed E-state index contributed by atoms with van der Waals surface area (Å²) in [5, 5.41) is 4.12. The lowest BCUT2D eigenvalue weighted by molar-refractivity contribution is -0.128. The van der Waals surface area contributed by atoms with Crippen LogP contribution in [0, 0.1) is 24.2 Å². The van der Waals surface area contributed by atoms with Crippen molar-refractivity contribution in [2.45, 2.75) is 46.1 Å². The van der Waals surface area contributed by atoms with E-state index in [2.05, 4.69) is 10.1 Å². The van der Waals surface area contributed by atoms with E-state index in [1.54, 1.807) is 6.92 Å². The summed E-state index contributed by atoms with van der Waals surface area (Å²) in [7, 11) is 0. The zero-order valence-electron chi connectivity index (χ0n) is 16.1. The van der Waals surface area contributed by atoms with Crippen molar-refractivity contribution in [3.05, 3.63) is 17.5 Å². The van der Waals surface area contributed by atoms with Crippen molar-refractivity contribution in [2.75, 3.05) is 39.4 Å². The van der Waals surface area contributed by atoms with Gasteiger partial charge in [0, 0.05) is 45.1 Å². The lowest BCUT2D eigenvalue weighted by Gasteiger charge is -2.42. The fourth-order valence-electron chi connectivity index (χ4n) is 4.61. The number of ether oxygens (including phenoxy) is 1. The second-order valence-corrected chi connectivity index (χ2v) is 8.64. The number of carbonyl (C=O) groups excluding carboxylic acids is 1. The molecule has 1 amide bonds. The summed E-state index contributed by atoms with van der Waals surface area (Å²) in [5.41, 5.74) is 1.24. The van der Waals surface area contributed by atoms with E-state index in [-0.39, 0.29) is 11.3 Å². The van der Waals surface area contributed by atoms with E-state index >= 15 is 0 Å². The van der Waals surface area contributed by atoms with E-state index in [1.807, 2.05) is 17.9 Å². The molecule has 1 spiro atoms. The van der Waals surface area contributed by atoms with Gasteiger partial charge in [0.25, 0.3) is 0 Å². The molecule has 2 aliphatic heterocycles. The Morgan fingerprint density at radius 1 is 1.35 bits per heavy atom. The summed E-state index contributed by atoms with van der Waals surface area (Å²) in [6.07, 6.45) is 4.91. The highest BCUT2D eigenvalue weighted by Crippen LogP contribution is 2.45. The number of carbonyl (C=O) groups is 1. The first-order valence-electron chi connectivity index (χ1n) is 10.0. The number of aromatic nitrogens is 1. The quantitative estimate of drug-likeness (QED) is 0.779. The molecule has 3 heterocycles. The molecule has 1 aliphatic carbocycles. The van der Waals surface area contributed by atoms with Gasteiger partial charge in [0.1, 0.15) is 5.76 Å². The largest absolute Gasteiger partial charge is 0.381 e. The Hall–Kier alpha value is -1.40. The van der Waals surface area contributed by atoms with Crippen LogP contribution >= 0.6 is 0 Å². The van der Waals surface area contributed by atoms with Crippen molar-refractivity contribution in [3.8, 4) is 0 Å². The molecule has 0 unspecified atom stereocenters. The molecule has 3 aliphatic rings. The number of nitrogens with zero attached hydrogens (tertiary/aromatic N) is 3. The molecule has 1 aromatic heterocycles. The third kappa shape index (κ3) is 3.96. The average molecular weight is 361 g/mol. The number of hydrogen-bond donors (Lipinski definition) is 0. The average Bonchev–Trinajstić information content (AvgIpc) is 3.25. The molecule has 4 rings (SSSR count). The molecule has 144 valence electrons. The summed E-state index contributed by atoms with van der Waals surface area (Å²) in [6, 6.07) is 2.02. The van der Waals surface area contributed by atoms with Gasteiger partial charge < -0.3 is 14.2 Å². The zero-order chi connectivity index (χ0) is 18.1. The van der Waals surface area contributed by atoms with Crippen LogP contribution in [-0.4, -0.2) is 60.3 Å². The minimum atomic E-state index is 0.203. The van der Waals surface area contributed by atoms with Crippen LogP contribution in [0.25, 0.3) is 0 Å². The van der Waals surface area contributed by atoms with Gasteiger partial charge in [-0.05, 0) is 57.0 Å². The predicted octanol–water partition coefficient (Wildman–Crippen LogP) is 2.47. The van der Waals surface area contributed by atoms with Crippen LogP contribution in [0.15, 0.2) is 10.6 Å². The van der Waals surface area contributed by atoms with Gasteiger partial charge in [0.15, 0.2) is 0 Å². The Labute approximate surface area is 155 Å². The maximum Gasteiger partial charge on any atom is 0.219 e. The third-order valence-corrected chi connectivity index (χ3v) is 6.54. The van der Waals surface area contributed by atoms with Gasteiger partial charge >= 0.3 is 0 Å². The second kappa shape index (κ2) is 7.31. The summed E-state index contributed by atoms with van der Waals surface area (Å²) in [5.74, 6) is 2.34. The minimum Gasteiger partial charge on any atom is -0.381 e. The van der Waals surface area contributed by atoms with Gasteiger partial charge in [0.2, 0.25) is 5.91 Å². The first kappa shape index (κ1) is 18.0. The summed E-state index contributed by atoms with van der Waals surface area (Å²) >= 11 is 0. The first-order valence-corrected chi connectivity index (χ1v) is 10.0. The number of amides is 1. The van der Waals surface area contributed by atoms with E-state index in [1.165, 1.54) is 12.8 Å². The van der Waals surface area contributed by atoms with E-state index < -0.39 is 0 Å². The molecule has 3 fully saturated rings. The Kier molecular flexibility index (Phi) is 5.06. The second-order valence-electron chi connectivity index (χ2n) is 8.64. The molecule has 1 saturated carbocycles. The fourth-order valence-corrected chi connectivity index (χ4v) is 4.61. The van der Waals surface area contributed by atoms with Crippen molar-refractivity contribution in [1.82, 2.24) is 15.0 Å².